The summed E-state index contributed by atoms with van der Waals surface area (Å²) in [6, 6.07) is 24.6. The number of rotatable bonds is 4. The Labute approximate surface area is 215 Å². The van der Waals surface area contributed by atoms with Crippen molar-refractivity contribution in [2.75, 3.05) is 6.54 Å². The Morgan fingerprint density at radius 3 is 1.91 bits per heavy atom. The molecule has 0 radical (unpaired) electrons. The first-order valence-corrected chi connectivity index (χ1v) is 12.3. The number of amides is 1. The van der Waals surface area contributed by atoms with Crippen molar-refractivity contribution >= 4 is 34.9 Å². The summed E-state index contributed by atoms with van der Waals surface area (Å²) >= 11 is 12.4. The molecule has 3 aromatic carbocycles. The zero-order chi connectivity index (χ0) is 24.8. The predicted octanol–water partition coefficient (Wildman–Crippen LogP) is 6.55. The van der Waals surface area contributed by atoms with Gasteiger partial charge >= 0.3 is 0 Å². The average molecular weight is 506 g/mol. The fourth-order valence-electron chi connectivity index (χ4n) is 5.38. The molecule has 1 amide bonds. The molecule has 6 heteroatoms. The van der Waals surface area contributed by atoms with Crippen molar-refractivity contribution in [2.45, 2.75) is 32.4 Å². The first-order chi connectivity index (χ1) is 16.7. The minimum Gasteiger partial charge on any atom is -0.481 e. The molecule has 3 aromatic rings. The van der Waals surface area contributed by atoms with Gasteiger partial charge in [0.2, 0.25) is 5.78 Å². The van der Waals surface area contributed by atoms with E-state index in [1.165, 1.54) is 0 Å². The highest BCUT2D eigenvalue weighted by molar-refractivity contribution is 6.41. The van der Waals surface area contributed by atoms with Crippen LogP contribution in [0.2, 0.25) is 10.0 Å². The number of likely N-dealkylation sites (tertiary alicyclic amines) is 1. The third kappa shape index (κ3) is 3.95. The van der Waals surface area contributed by atoms with Crippen molar-refractivity contribution in [3.8, 4) is 0 Å². The second-order valence-electron chi connectivity index (χ2n) is 9.51. The molecule has 5 rings (SSSR count). The van der Waals surface area contributed by atoms with Gasteiger partial charge in [0.05, 0.1) is 0 Å². The van der Waals surface area contributed by atoms with Crippen LogP contribution in [0.15, 0.2) is 90.2 Å². The molecule has 0 aromatic heterocycles. The number of allylic oxidation sites excluding steroid dienone is 1. The van der Waals surface area contributed by atoms with Crippen LogP contribution in [0.25, 0.3) is 0 Å². The number of carbonyl (C=O) groups excluding carboxylic acids is 2. The normalized spacial score (nSPS) is 21.0. The van der Waals surface area contributed by atoms with Crippen LogP contribution in [0.1, 0.15) is 37.0 Å². The Morgan fingerprint density at radius 2 is 1.40 bits per heavy atom. The third-order valence-electron chi connectivity index (χ3n) is 6.93. The molecular weight excluding hydrogens is 481 g/mol. The largest absolute Gasteiger partial charge is 0.481 e. The van der Waals surface area contributed by atoms with Gasteiger partial charge in [0.15, 0.2) is 5.60 Å². The van der Waals surface area contributed by atoms with Crippen molar-refractivity contribution in [2.24, 2.45) is 5.41 Å². The number of Topliss-reactive ketones (excluding diaryl/α,β-unsaturated/α-hetero) is 1. The van der Waals surface area contributed by atoms with Gasteiger partial charge in [-0.15, -0.1) is 0 Å². The summed E-state index contributed by atoms with van der Waals surface area (Å²) in [5.74, 6) is -0.329. The van der Waals surface area contributed by atoms with E-state index in [1.807, 2.05) is 92.7 Å². The maximum absolute atomic E-state index is 13.8. The van der Waals surface area contributed by atoms with Gasteiger partial charge < -0.3 is 9.64 Å². The topological polar surface area (TPSA) is 46.6 Å². The number of hydrogen-bond donors (Lipinski definition) is 0. The molecule has 2 aliphatic heterocycles. The molecule has 178 valence electrons. The zero-order valence-corrected chi connectivity index (χ0v) is 21.1. The number of halogens is 2. The van der Waals surface area contributed by atoms with Crippen LogP contribution in [-0.2, 0) is 26.5 Å². The van der Waals surface area contributed by atoms with Crippen LogP contribution in [-0.4, -0.2) is 23.1 Å². The lowest BCUT2D eigenvalue weighted by atomic mass is 9.72. The molecule has 2 saturated heterocycles. The molecule has 2 aliphatic rings. The first-order valence-electron chi connectivity index (χ1n) is 11.5. The van der Waals surface area contributed by atoms with Gasteiger partial charge in [0, 0.05) is 40.7 Å². The number of hydrogen-bond acceptors (Lipinski definition) is 3. The smallest absolute Gasteiger partial charge is 0.291 e. The standard InChI is InChI=1S/C29H25Cl2NO3/c1-19(2)26-28(18-32(27(34)25(28)33)16-20-6-4-3-5-7-20)17-29(35-26,21-8-12-23(30)13-9-21)22-10-14-24(31)15-11-22/h3-15H,16-18H2,1-2H3/t28-/m0/s1. The third-order valence-corrected chi connectivity index (χ3v) is 7.43. The summed E-state index contributed by atoms with van der Waals surface area (Å²) in [6.07, 6.45) is 0.305. The second-order valence-corrected chi connectivity index (χ2v) is 10.4. The summed E-state index contributed by atoms with van der Waals surface area (Å²) in [5.41, 5.74) is 1.52. The highest BCUT2D eigenvalue weighted by atomic mass is 35.5. The van der Waals surface area contributed by atoms with E-state index in [-0.39, 0.29) is 6.54 Å². The van der Waals surface area contributed by atoms with Crippen molar-refractivity contribution in [3.63, 3.8) is 0 Å². The molecule has 2 heterocycles. The maximum atomic E-state index is 13.8. The van der Waals surface area contributed by atoms with Gasteiger partial charge in [-0.05, 0) is 49.2 Å². The Balaban J connectivity index is 1.64. The molecule has 0 saturated carbocycles. The lowest BCUT2D eigenvalue weighted by molar-refractivity contribution is -0.142. The molecule has 1 atom stereocenters. The number of benzene rings is 3. The fraction of sp³-hybridized carbons (Fsp3) is 0.241. The van der Waals surface area contributed by atoms with E-state index in [4.69, 9.17) is 27.9 Å². The van der Waals surface area contributed by atoms with Crippen molar-refractivity contribution in [3.05, 3.63) is 117 Å². The highest BCUT2D eigenvalue weighted by Crippen LogP contribution is 2.58. The van der Waals surface area contributed by atoms with Gasteiger partial charge in [0.1, 0.15) is 11.2 Å². The van der Waals surface area contributed by atoms with E-state index in [1.54, 1.807) is 4.90 Å². The summed E-state index contributed by atoms with van der Waals surface area (Å²) in [4.78, 5) is 28.7. The summed E-state index contributed by atoms with van der Waals surface area (Å²) < 4.78 is 6.81. The molecule has 4 nitrogen and oxygen atoms in total. The van der Waals surface area contributed by atoms with E-state index in [9.17, 15) is 9.59 Å². The van der Waals surface area contributed by atoms with Gasteiger partial charge in [-0.3, -0.25) is 9.59 Å². The molecule has 0 aliphatic carbocycles. The molecule has 0 bridgehead atoms. The summed E-state index contributed by atoms with van der Waals surface area (Å²) in [5, 5.41) is 1.22. The highest BCUT2D eigenvalue weighted by Gasteiger charge is 2.65. The van der Waals surface area contributed by atoms with E-state index < -0.39 is 22.7 Å². The monoisotopic (exact) mass is 505 g/mol. The van der Waals surface area contributed by atoms with Gasteiger partial charge in [-0.2, -0.15) is 0 Å². The van der Waals surface area contributed by atoms with Crippen molar-refractivity contribution < 1.29 is 14.3 Å². The van der Waals surface area contributed by atoms with Crippen LogP contribution in [0.5, 0.6) is 0 Å². The zero-order valence-electron chi connectivity index (χ0n) is 19.6. The lowest BCUT2D eigenvalue weighted by Crippen LogP contribution is -2.34. The molecule has 0 unspecified atom stereocenters. The van der Waals surface area contributed by atoms with Crippen molar-refractivity contribution in [1.29, 1.82) is 0 Å². The SMILES string of the molecule is CC(C)=C1OC(c2ccc(Cl)cc2)(c2ccc(Cl)cc2)C[C@@]12CN(Cc1ccccc1)C(=O)C2=O. The van der Waals surface area contributed by atoms with Gasteiger partial charge in [-0.25, -0.2) is 0 Å². The number of ether oxygens (including phenoxy) is 1. The van der Waals surface area contributed by atoms with Crippen LogP contribution in [0, 0.1) is 5.41 Å². The van der Waals surface area contributed by atoms with E-state index in [0.717, 1.165) is 22.3 Å². The number of nitrogens with zero attached hydrogens (tertiary/aromatic N) is 1. The molecular formula is C29H25Cl2NO3. The molecule has 0 N–H and O–H groups in total. The Bertz CT molecular complexity index is 1270. The van der Waals surface area contributed by atoms with E-state index >= 15 is 0 Å². The molecule has 2 fully saturated rings. The average Bonchev–Trinajstić information content (AvgIpc) is 3.32. The molecule has 35 heavy (non-hydrogen) atoms. The molecule has 1 spiro atoms. The lowest BCUT2D eigenvalue weighted by Gasteiger charge is -2.30. The first kappa shape index (κ1) is 23.7. The quantitative estimate of drug-likeness (QED) is 0.377. The number of ketones is 1. The second kappa shape index (κ2) is 8.85. The van der Waals surface area contributed by atoms with Crippen LogP contribution in [0.4, 0.5) is 0 Å². The van der Waals surface area contributed by atoms with Crippen LogP contribution < -0.4 is 0 Å². The fourth-order valence-corrected chi connectivity index (χ4v) is 5.63. The van der Waals surface area contributed by atoms with Gasteiger partial charge in [0.25, 0.3) is 5.91 Å². The van der Waals surface area contributed by atoms with Crippen LogP contribution in [0.3, 0.4) is 0 Å². The van der Waals surface area contributed by atoms with E-state index in [0.29, 0.717) is 28.8 Å². The van der Waals surface area contributed by atoms with Gasteiger partial charge in [-0.1, -0.05) is 77.8 Å². The van der Waals surface area contributed by atoms with E-state index in [2.05, 4.69) is 0 Å². The summed E-state index contributed by atoms with van der Waals surface area (Å²) in [6.45, 7) is 4.49. The minimum atomic E-state index is -1.08. The Morgan fingerprint density at radius 1 is 0.857 bits per heavy atom. The Hall–Kier alpha value is -3.08. The van der Waals surface area contributed by atoms with Crippen LogP contribution >= 0.6 is 23.2 Å². The predicted molar refractivity (Wildman–Crippen MR) is 137 cm³/mol. The number of carbonyl (C=O) groups is 2. The Kier molecular flexibility index (Phi) is 5.98. The summed E-state index contributed by atoms with van der Waals surface area (Å²) in [7, 11) is 0. The maximum Gasteiger partial charge on any atom is 0.291 e. The minimum absolute atomic E-state index is 0.267. The van der Waals surface area contributed by atoms with Crippen molar-refractivity contribution in [1.82, 2.24) is 4.90 Å².